The van der Waals surface area contributed by atoms with Crippen molar-refractivity contribution in [3.8, 4) is 0 Å². The Balaban J connectivity index is -0.0000000655. The third-order valence-electron chi connectivity index (χ3n) is 0.234. The van der Waals surface area contributed by atoms with Crippen molar-refractivity contribution in [2.45, 2.75) is 0 Å². The van der Waals surface area contributed by atoms with Crippen LogP contribution in [0.3, 0.4) is 0 Å². The predicted octanol–water partition coefficient (Wildman–Crippen LogP) is 0.460. The van der Waals surface area contributed by atoms with Gasteiger partial charge in [0.05, 0.1) is 0 Å². The van der Waals surface area contributed by atoms with E-state index in [2.05, 4.69) is 14.7 Å². The van der Waals surface area contributed by atoms with Gasteiger partial charge in [-0.3, -0.25) is 14.7 Å². The molecule has 0 amide bonds. The topological polar surface area (TPSA) is 200 Å². The van der Waals surface area contributed by atoms with E-state index >= 15 is 0 Å². The summed E-state index contributed by atoms with van der Waals surface area (Å²) in [6, 6.07) is 0. The molecule has 0 unspecified atom stereocenters. The van der Waals surface area contributed by atoms with Gasteiger partial charge in [-0.15, -0.1) is 0 Å². The average molecular weight is 323 g/mol. The zero-order chi connectivity index (χ0) is 12.9. The van der Waals surface area contributed by atoms with E-state index in [0.29, 0.717) is 0 Å². The first-order chi connectivity index (χ1) is 6.81. The standard InChI is InChI=1S/3CH2O4.Y/c3*2-1(3)5-4;/h3*4H,(H,2,3);. The SMILES string of the molecule is O=C(O)OO.O=C(O)OO.O=C(O)OO.[Y]. The van der Waals surface area contributed by atoms with Crippen molar-refractivity contribution < 1.29 is 92.8 Å². The minimum absolute atomic E-state index is 0. The van der Waals surface area contributed by atoms with Gasteiger partial charge in [-0.05, 0) is 0 Å². The molecule has 0 aliphatic carbocycles. The Hall–Kier alpha value is -1.21. The van der Waals surface area contributed by atoms with Crippen LogP contribution in [0.2, 0.25) is 0 Å². The maximum Gasteiger partial charge on any atom is 0.537 e. The van der Waals surface area contributed by atoms with Crippen molar-refractivity contribution in [2.75, 3.05) is 0 Å². The molecule has 0 aromatic rings. The molecule has 1 radical (unpaired) electrons. The molecule has 16 heavy (non-hydrogen) atoms. The second-order valence-electron chi connectivity index (χ2n) is 1.07. The molecule has 12 nitrogen and oxygen atoms in total. The van der Waals surface area contributed by atoms with E-state index in [0.717, 1.165) is 0 Å². The molecular weight excluding hydrogens is 317 g/mol. The van der Waals surface area contributed by atoms with Gasteiger partial charge < -0.3 is 15.3 Å². The summed E-state index contributed by atoms with van der Waals surface area (Å²) >= 11 is 0. The fourth-order valence-corrected chi connectivity index (χ4v) is 0. The van der Waals surface area contributed by atoms with E-state index in [1.165, 1.54) is 0 Å². The van der Waals surface area contributed by atoms with Crippen LogP contribution in [0, 0.1) is 0 Å². The van der Waals surface area contributed by atoms with Gasteiger partial charge >= 0.3 is 18.5 Å². The summed E-state index contributed by atoms with van der Waals surface area (Å²) in [4.78, 5) is 34.7. The van der Waals surface area contributed by atoms with Gasteiger partial charge in [-0.25, -0.2) is 14.4 Å². The van der Waals surface area contributed by atoms with Gasteiger partial charge in [0.15, 0.2) is 0 Å². The third-order valence-corrected chi connectivity index (χ3v) is 0.234. The van der Waals surface area contributed by atoms with Crippen LogP contribution >= 0.6 is 0 Å². The molecule has 0 aliphatic rings. The van der Waals surface area contributed by atoms with Crippen LogP contribution in [-0.4, -0.2) is 49.6 Å². The normalized spacial score (nSPS) is 6.19. The Labute approximate surface area is 111 Å². The Bertz CT molecular complexity index is 155. The molecular formula is C3H6O12Y. The second-order valence-corrected chi connectivity index (χ2v) is 1.07. The van der Waals surface area contributed by atoms with Crippen LogP contribution in [0.1, 0.15) is 0 Å². The van der Waals surface area contributed by atoms with Crippen molar-refractivity contribution in [2.24, 2.45) is 0 Å². The molecule has 93 valence electrons. The number of rotatable bonds is 0. The molecule has 0 bridgehead atoms. The molecule has 0 spiro atoms. The molecule has 0 saturated carbocycles. The Kier molecular flexibility index (Phi) is 29.3. The predicted molar refractivity (Wildman–Crippen MR) is 35.2 cm³/mol. The van der Waals surface area contributed by atoms with Crippen LogP contribution in [0.4, 0.5) is 14.4 Å². The van der Waals surface area contributed by atoms with E-state index in [9.17, 15) is 0 Å². The Morgan fingerprint density at radius 3 is 0.688 bits per heavy atom. The monoisotopic (exact) mass is 323 g/mol. The number of hydrogen-bond acceptors (Lipinski definition) is 9. The number of hydrogen-bond donors (Lipinski definition) is 6. The second kappa shape index (κ2) is 19.4. The maximum absolute atomic E-state index is 8.90. The van der Waals surface area contributed by atoms with Gasteiger partial charge in [0, 0.05) is 32.7 Å². The van der Waals surface area contributed by atoms with Crippen LogP contribution in [-0.2, 0) is 47.4 Å². The first kappa shape index (κ1) is 24.2. The molecule has 6 N–H and O–H groups in total. The fourth-order valence-electron chi connectivity index (χ4n) is 0. The first-order valence-corrected chi connectivity index (χ1v) is 2.44. The van der Waals surface area contributed by atoms with Crippen molar-refractivity contribution in [3.63, 3.8) is 0 Å². The zero-order valence-electron chi connectivity index (χ0n) is 7.21. The number of carbonyl (C=O) groups is 3. The van der Waals surface area contributed by atoms with Crippen LogP contribution in [0.25, 0.3) is 0 Å². The van der Waals surface area contributed by atoms with Gasteiger partial charge in [0.1, 0.15) is 0 Å². The average Bonchev–Trinajstić information content (AvgIpc) is 2.19. The van der Waals surface area contributed by atoms with Crippen LogP contribution in [0.15, 0.2) is 0 Å². The summed E-state index contributed by atoms with van der Waals surface area (Å²) < 4.78 is 0. The van der Waals surface area contributed by atoms with E-state index in [1.54, 1.807) is 0 Å². The van der Waals surface area contributed by atoms with Crippen molar-refractivity contribution in [3.05, 3.63) is 0 Å². The van der Waals surface area contributed by atoms with E-state index in [1.807, 2.05) is 0 Å². The summed E-state index contributed by atoms with van der Waals surface area (Å²) in [6.45, 7) is 0. The molecule has 0 aromatic heterocycles. The zero-order valence-corrected chi connectivity index (χ0v) is 10.0. The van der Waals surface area contributed by atoms with Crippen LogP contribution in [0.5, 0.6) is 0 Å². The third kappa shape index (κ3) is 77.4. The van der Waals surface area contributed by atoms with Gasteiger partial charge in [0.2, 0.25) is 0 Å². The fraction of sp³-hybridized carbons (Fsp3) is 0. The summed E-state index contributed by atoms with van der Waals surface area (Å²) in [5.41, 5.74) is 0. The molecule has 0 aliphatic heterocycles. The molecule has 0 fully saturated rings. The first-order valence-electron chi connectivity index (χ1n) is 2.44. The van der Waals surface area contributed by atoms with E-state index < -0.39 is 18.5 Å². The van der Waals surface area contributed by atoms with Crippen molar-refractivity contribution in [1.29, 1.82) is 0 Å². The molecule has 0 aromatic carbocycles. The molecule has 0 atom stereocenters. The summed E-state index contributed by atoms with van der Waals surface area (Å²) in [6.07, 6.45) is -5.07. The minimum Gasteiger partial charge on any atom is -0.448 e. The molecule has 0 rings (SSSR count). The largest absolute Gasteiger partial charge is 0.537 e. The molecule has 0 saturated heterocycles. The summed E-state index contributed by atoms with van der Waals surface area (Å²) in [7, 11) is 0. The minimum atomic E-state index is -1.69. The summed E-state index contributed by atoms with van der Waals surface area (Å²) in [5, 5.41) is 42.9. The maximum atomic E-state index is 8.90. The molecule has 0 heterocycles. The Morgan fingerprint density at radius 1 is 0.625 bits per heavy atom. The smallest absolute Gasteiger partial charge is 0.448 e. The Morgan fingerprint density at radius 2 is 0.688 bits per heavy atom. The molecule has 13 heteroatoms. The van der Waals surface area contributed by atoms with E-state index in [4.69, 9.17) is 45.5 Å². The number of carboxylic acid groups (broad SMARTS) is 3. The van der Waals surface area contributed by atoms with Crippen LogP contribution < -0.4 is 0 Å². The quantitative estimate of drug-likeness (QED) is 0.204. The summed E-state index contributed by atoms with van der Waals surface area (Å²) in [5.74, 6) is 0. The van der Waals surface area contributed by atoms with Gasteiger partial charge in [-0.1, -0.05) is 0 Å². The van der Waals surface area contributed by atoms with Gasteiger partial charge in [0.25, 0.3) is 0 Å². The van der Waals surface area contributed by atoms with Gasteiger partial charge in [-0.2, -0.15) is 15.8 Å². The van der Waals surface area contributed by atoms with E-state index in [-0.39, 0.29) is 32.7 Å². The van der Waals surface area contributed by atoms with Crippen molar-refractivity contribution in [1.82, 2.24) is 0 Å². The van der Waals surface area contributed by atoms with Crippen molar-refractivity contribution >= 4 is 18.5 Å².